The average molecular weight is 353 g/mol. The molecule has 0 aliphatic heterocycles. The van der Waals surface area contributed by atoms with E-state index in [1.54, 1.807) is 0 Å². The van der Waals surface area contributed by atoms with E-state index in [9.17, 15) is 4.79 Å². The summed E-state index contributed by atoms with van der Waals surface area (Å²) in [4.78, 5) is 12.6. The molecule has 26 heavy (non-hydrogen) atoms. The van der Waals surface area contributed by atoms with Crippen molar-refractivity contribution in [1.82, 2.24) is 5.43 Å². The molecule has 1 N–H and O–H groups in total. The highest BCUT2D eigenvalue weighted by Crippen LogP contribution is 2.60. The summed E-state index contributed by atoms with van der Waals surface area (Å²) >= 11 is 0. The Morgan fingerprint density at radius 3 is 2.08 bits per heavy atom. The summed E-state index contributed by atoms with van der Waals surface area (Å²) in [6.07, 6.45) is 9.14. The Kier molecular flexibility index (Phi) is 4.66. The number of hydrogen-bond donors (Lipinski definition) is 1. The Morgan fingerprint density at radius 2 is 1.62 bits per heavy atom. The second-order valence-electron chi connectivity index (χ2n) is 9.33. The van der Waals surface area contributed by atoms with Crippen molar-refractivity contribution in [3.05, 3.63) is 35.4 Å². The van der Waals surface area contributed by atoms with Crippen LogP contribution in [-0.4, -0.2) is 11.6 Å². The molecule has 0 atom stereocenters. The quantitative estimate of drug-likeness (QED) is 0.550. The van der Waals surface area contributed by atoms with Crippen molar-refractivity contribution in [2.24, 2.45) is 28.3 Å². The van der Waals surface area contributed by atoms with Crippen molar-refractivity contribution in [1.29, 1.82) is 0 Å². The molecule has 0 radical (unpaired) electrons. The molecule has 5 rings (SSSR count). The summed E-state index contributed by atoms with van der Waals surface area (Å²) in [5, 5.41) is 4.68. The molecule has 4 saturated carbocycles. The van der Waals surface area contributed by atoms with Crippen LogP contribution in [0.2, 0.25) is 0 Å². The fraction of sp³-hybridized carbons (Fsp3) is 0.652. The number of carbonyl (C=O) groups is 1. The Labute approximate surface area is 157 Å². The molecule has 4 aliphatic carbocycles. The van der Waals surface area contributed by atoms with Gasteiger partial charge in [0.1, 0.15) is 0 Å². The Hall–Kier alpha value is -1.64. The van der Waals surface area contributed by atoms with Gasteiger partial charge in [0.15, 0.2) is 0 Å². The summed E-state index contributed by atoms with van der Waals surface area (Å²) in [7, 11) is 0. The number of rotatable bonds is 5. The maximum absolute atomic E-state index is 12.6. The SMILES string of the molecule is CC/C(=N\NC(=O)c1ccc(C(C)C)cc1)C12CC3CC(CC(C3)C1)C2. The van der Waals surface area contributed by atoms with Gasteiger partial charge in [0.25, 0.3) is 5.91 Å². The van der Waals surface area contributed by atoms with Gasteiger partial charge < -0.3 is 0 Å². The summed E-state index contributed by atoms with van der Waals surface area (Å²) in [5.41, 5.74) is 6.34. The van der Waals surface area contributed by atoms with Crippen LogP contribution in [0.3, 0.4) is 0 Å². The first kappa shape index (κ1) is 17.8. The first-order valence-electron chi connectivity index (χ1n) is 10.5. The lowest BCUT2D eigenvalue weighted by Gasteiger charge is -2.57. The fourth-order valence-corrected chi connectivity index (χ4v) is 6.24. The lowest BCUT2D eigenvalue weighted by Crippen LogP contribution is -2.50. The third-order valence-electron chi connectivity index (χ3n) is 7.12. The lowest BCUT2D eigenvalue weighted by molar-refractivity contribution is -0.0134. The zero-order valence-electron chi connectivity index (χ0n) is 16.4. The van der Waals surface area contributed by atoms with E-state index in [2.05, 4.69) is 31.3 Å². The average Bonchev–Trinajstić information content (AvgIpc) is 2.60. The van der Waals surface area contributed by atoms with Crippen molar-refractivity contribution in [3.8, 4) is 0 Å². The topological polar surface area (TPSA) is 41.5 Å². The molecule has 0 saturated heterocycles. The summed E-state index contributed by atoms with van der Waals surface area (Å²) in [6.45, 7) is 6.53. The minimum atomic E-state index is -0.0871. The highest BCUT2D eigenvalue weighted by molar-refractivity contribution is 5.96. The molecule has 4 fully saturated rings. The van der Waals surface area contributed by atoms with E-state index in [1.807, 2.05) is 24.3 Å². The van der Waals surface area contributed by atoms with Gasteiger partial charge in [-0.25, -0.2) is 5.43 Å². The molecular formula is C23H32N2O. The first-order valence-corrected chi connectivity index (χ1v) is 10.5. The van der Waals surface area contributed by atoms with Gasteiger partial charge >= 0.3 is 0 Å². The lowest BCUT2D eigenvalue weighted by atomic mass is 9.48. The number of nitrogens with one attached hydrogen (secondary N) is 1. The van der Waals surface area contributed by atoms with Crippen molar-refractivity contribution < 1.29 is 4.79 Å². The fourth-order valence-electron chi connectivity index (χ4n) is 6.24. The number of benzene rings is 1. The largest absolute Gasteiger partial charge is 0.271 e. The number of hydrazone groups is 1. The van der Waals surface area contributed by atoms with Crippen molar-refractivity contribution >= 4 is 11.6 Å². The van der Waals surface area contributed by atoms with Crippen molar-refractivity contribution in [2.45, 2.75) is 71.6 Å². The minimum absolute atomic E-state index is 0.0871. The Balaban J connectivity index is 1.48. The van der Waals surface area contributed by atoms with Gasteiger partial charge in [-0.3, -0.25) is 4.79 Å². The second kappa shape index (κ2) is 6.83. The van der Waals surface area contributed by atoms with E-state index in [0.717, 1.165) is 24.2 Å². The predicted octanol–water partition coefficient (Wildman–Crippen LogP) is 5.52. The maximum Gasteiger partial charge on any atom is 0.271 e. The number of amides is 1. The summed E-state index contributed by atoms with van der Waals surface area (Å²) in [5.74, 6) is 3.09. The molecule has 3 heteroatoms. The third-order valence-corrected chi connectivity index (χ3v) is 7.12. The van der Waals surface area contributed by atoms with Gasteiger partial charge in [-0.15, -0.1) is 0 Å². The number of carbonyl (C=O) groups excluding carboxylic acids is 1. The van der Waals surface area contributed by atoms with Gasteiger partial charge in [-0.1, -0.05) is 32.9 Å². The third kappa shape index (κ3) is 3.21. The van der Waals surface area contributed by atoms with Crippen LogP contribution in [0.25, 0.3) is 0 Å². The zero-order valence-corrected chi connectivity index (χ0v) is 16.4. The predicted molar refractivity (Wildman–Crippen MR) is 106 cm³/mol. The van der Waals surface area contributed by atoms with E-state index in [1.165, 1.54) is 49.8 Å². The van der Waals surface area contributed by atoms with E-state index in [-0.39, 0.29) is 11.3 Å². The van der Waals surface area contributed by atoms with Crippen LogP contribution in [-0.2, 0) is 0 Å². The van der Waals surface area contributed by atoms with Crippen LogP contribution in [0.4, 0.5) is 0 Å². The standard InChI is InChI=1S/C23H32N2O/c1-4-21(23-12-16-9-17(13-23)11-18(10-16)14-23)24-25-22(26)20-7-5-19(6-8-20)15(2)3/h5-8,15-18H,4,9-14H2,1-3H3,(H,25,26)/b24-21+. The molecule has 0 heterocycles. The molecule has 1 aromatic rings. The van der Waals surface area contributed by atoms with Crippen LogP contribution in [0, 0.1) is 23.2 Å². The van der Waals surface area contributed by atoms with Gasteiger partial charge in [-0.05, 0) is 86.3 Å². The van der Waals surface area contributed by atoms with E-state index >= 15 is 0 Å². The van der Waals surface area contributed by atoms with Crippen LogP contribution in [0.1, 0.15) is 87.6 Å². The second-order valence-corrected chi connectivity index (χ2v) is 9.33. The molecule has 1 amide bonds. The summed E-state index contributed by atoms with van der Waals surface area (Å²) < 4.78 is 0. The Morgan fingerprint density at radius 1 is 1.08 bits per heavy atom. The normalized spacial score (nSPS) is 32.9. The molecule has 140 valence electrons. The molecule has 4 aliphatic rings. The molecule has 0 spiro atoms. The van der Waals surface area contributed by atoms with E-state index in [0.29, 0.717) is 11.5 Å². The highest BCUT2D eigenvalue weighted by Gasteiger charge is 2.52. The molecule has 1 aromatic carbocycles. The van der Waals surface area contributed by atoms with Gasteiger partial charge in [-0.2, -0.15) is 5.10 Å². The monoisotopic (exact) mass is 352 g/mol. The Bertz CT molecular complexity index is 666. The van der Waals surface area contributed by atoms with Crippen molar-refractivity contribution in [3.63, 3.8) is 0 Å². The first-order chi connectivity index (χ1) is 12.5. The zero-order chi connectivity index (χ0) is 18.3. The minimum Gasteiger partial charge on any atom is -0.267 e. The smallest absolute Gasteiger partial charge is 0.267 e. The van der Waals surface area contributed by atoms with Crippen LogP contribution >= 0.6 is 0 Å². The molecule has 4 bridgehead atoms. The highest BCUT2D eigenvalue weighted by atomic mass is 16.2. The van der Waals surface area contributed by atoms with Crippen LogP contribution < -0.4 is 5.43 Å². The van der Waals surface area contributed by atoms with Gasteiger partial charge in [0.2, 0.25) is 0 Å². The van der Waals surface area contributed by atoms with E-state index < -0.39 is 0 Å². The molecule has 0 unspecified atom stereocenters. The molecular weight excluding hydrogens is 320 g/mol. The van der Waals surface area contributed by atoms with Crippen LogP contribution in [0.15, 0.2) is 29.4 Å². The maximum atomic E-state index is 12.6. The van der Waals surface area contributed by atoms with E-state index in [4.69, 9.17) is 0 Å². The summed E-state index contributed by atoms with van der Waals surface area (Å²) in [6, 6.07) is 7.92. The molecule has 3 nitrogen and oxygen atoms in total. The van der Waals surface area contributed by atoms with Crippen LogP contribution in [0.5, 0.6) is 0 Å². The van der Waals surface area contributed by atoms with Crippen molar-refractivity contribution in [2.75, 3.05) is 0 Å². The number of hydrogen-bond acceptors (Lipinski definition) is 2. The van der Waals surface area contributed by atoms with Gasteiger partial charge in [0, 0.05) is 16.7 Å². The molecule has 0 aromatic heterocycles. The van der Waals surface area contributed by atoms with Gasteiger partial charge in [0.05, 0.1) is 0 Å². The number of nitrogens with zero attached hydrogens (tertiary/aromatic N) is 1.